The van der Waals surface area contributed by atoms with Gasteiger partial charge < -0.3 is 15.0 Å². The Bertz CT molecular complexity index is 958. The highest BCUT2D eigenvalue weighted by atomic mass is 35.5. The number of ether oxygens (including phenoxy) is 1. The van der Waals surface area contributed by atoms with Gasteiger partial charge in [-0.25, -0.2) is 0 Å². The summed E-state index contributed by atoms with van der Waals surface area (Å²) in [6.45, 7) is 7.37. The van der Waals surface area contributed by atoms with Crippen molar-refractivity contribution in [1.82, 2.24) is 4.90 Å². The lowest BCUT2D eigenvalue weighted by Crippen LogP contribution is -2.27. The van der Waals surface area contributed by atoms with Crippen molar-refractivity contribution in [3.8, 4) is 0 Å². The number of halogens is 1. The number of amides is 2. The highest BCUT2D eigenvalue weighted by molar-refractivity contribution is 6.34. The molecule has 3 rings (SSSR count). The van der Waals surface area contributed by atoms with Crippen LogP contribution in [0.3, 0.4) is 0 Å². The fourth-order valence-corrected chi connectivity index (χ4v) is 3.61. The smallest absolute Gasteiger partial charge is 0.308 e. The van der Waals surface area contributed by atoms with E-state index in [4.69, 9.17) is 16.3 Å². The minimum Gasteiger partial charge on any atom is -0.456 e. The largest absolute Gasteiger partial charge is 0.456 e. The summed E-state index contributed by atoms with van der Waals surface area (Å²) < 4.78 is 5.03. The number of benzene rings is 2. The average molecular weight is 413 g/mol. The number of nitrogens with one attached hydrogen (secondary N) is 1. The fourth-order valence-electron chi connectivity index (χ4n) is 3.24. The van der Waals surface area contributed by atoms with Crippen molar-refractivity contribution < 1.29 is 19.1 Å². The summed E-state index contributed by atoms with van der Waals surface area (Å²) in [5.41, 5.74) is 4.18. The molecule has 0 radical (unpaired) electrons. The Morgan fingerprint density at radius 2 is 1.86 bits per heavy atom. The molecule has 0 atom stereocenters. The third-order valence-electron chi connectivity index (χ3n) is 4.64. The summed E-state index contributed by atoms with van der Waals surface area (Å²) in [6.07, 6.45) is -0.0453. The predicted octanol–water partition coefficient (Wildman–Crippen LogP) is 3.96. The molecule has 0 unspecified atom stereocenters. The molecule has 29 heavy (non-hydrogen) atoms. The highest BCUT2D eigenvalue weighted by Crippen LogP contribution is 2.31. The van der Waals surface area contributed by atoms with Crippen molar-refractivity contribution in [2.75, 3.05) is 18.5 Å². The van der Waals surface area contributed by atoms with E-state index < -0.39 is 18.5 Å². The number of hydrogen-bond acceptors (Lipinski definition) is 4. The van der Waals surface area contributed by atoms with Gasteiger partial charge in [0.15, 0.2) is 6.61 Å². The summed E-state index contributed by atoms with van der Waals surface area (Å²) >= 11 is 6.16. The first-order valence-electron chi connectivity index (χ1n) is 9.10. The molecule has 0 bridgehead atoms. The molecule has 1 heterocycles. The van der Waals surface area contributed by atoms with Crippen molar-refractivity contribution in [1.29, 1.82) is 0 Å². The van der Waals surface area contributed by atoms with Crippen LogP contribution < -0.4 is 5.32 Å². The van der Waals surface area contributed by atoms with E-state index in [0.717, 1.165) is 16.7 Å². The summed E-state index contributed by atoms with van der Waals surface area (Å²) in [6, 6.07) is 10.8. The molecule has 7 heteroatoms. The molecule has 0 aliphatic carbocycles. The summed E-state index contributed by atoms with van der Waals surface area (Å²) in [4.78, 5) is 38.0. The van der Waals surface area contributed by atoms with Gasteiger partial charge in [-0.15, -0.1) is 0 Å². The summed E-state index contributed by atoms with van der Waals surface area (Å²) in [7, 11) is 0. The lowest BCUT2D eigenvalue weighted by Gasteiger charge is -2.17. The molecular weight excluding hydrogens is 392 g/mol. The summed E-state index contributed by atoms with van der Waals surface area (Å²) in [5, 5.41) is 3.08. The number of carbonyl (C=O) groups excluding carboxylic acids is 3. The first-order valence-corrected chi connectivity index (χ1v) is 9.48. The second kappa shape index (κ2) is 8.49. The number of esters is 1. The van der Waals surface area contributed by atoms with E-state index in [0.29, 0.717) is 22.0 Å². The van der Waals surface area contributed by atoms with Gasteiger partial charge in [-0.05, 0) is 37.1 Å². The monoisotopic (exact) mass is 412 g/mol. The van der Waals surface area contributed by atoms with Crippen LogP contribution in [0.15, 0.2) is 43.0 Å². The molecule has 0 fully saturated rings. The van der Waals surface area contributed by atoms with Gasteiger partial charge in [-0.1, -0.05) is 42.4 Å². The van der Waals surface area contributed by atoms with E-state index >= 15 is 0 Å². The standard InChI is InChI=1S/C22H21ClN2O4/c1-13-10-14(2)21(18(23)11-13)24-19(26)12-29-20(27)8-9-25-15(3)16-6-4-5-7-17(16)22(25)28/h4-7,10-11H,3,8-9,12H2,1-2H3,(H,24,26). The zero-order chi connectivity index (χ0) is 21.1. The van der Waals surface area contributed by atoms with E-state index in [1.54, 1.807) is 18.2 Å². The Balaban J connectivity index is 1.49. The average Bonchev–Trinajstić information content (AvgIpc) is 2.92. The number of nitrogens with zero attached hydrogens (tertiary/aromatic N) is 1. The van der Waals surface area contributed by atoms with Crippen molar-refractivity contribution >= 4 is 40.8 Å². The molecule has 0 spiro atoms. The molecule has 2 aromatic carbocycles. The fraction of sp³-hybridized carbons (Fsp3) is 0.227. The van der Waals surface area contributed by atoms with Crippen LogP contribution in [0.2, 0.25) is 5.02 Å². The van der Waals surface area contributed by atoms with Crippen LogP contribution in [0.1, 0.15) is 33.5 Å². The second-order valence-corrected chi connectivity index (χ2v) is 7.25. The van der Waals surface area contributed by atoms with E-state index in [-0.39, 0.29) is 18.9 Å². The third kappa shape index (κ3) is 4.49. The maximum Gasteiger partial charge on any atom is 0.308 e. The van der Waals surface area contributed by atoms with E-state index in [1.165, 1.54) is 4.90 Å². The highest BCUT2D eigenvalue weighted by Gasteiger charge is 2.30. The van der Waals surface area contributed by atoms with Crippen LogP contribution in [-0.2, 0) is 14.3 Å². The molecule has 0 saturated heterocycles. The van der Waals surface area contributed by atoms with E-state index in [9.17, 15) is 14.4 Å². The lowest BCUT2D eigenvalue weighted by molar-refractivity contribution is -0.147. The Labute approximate surface area is 174 Å². The zero-order valence-electron chi connectivity index (χ0n) is 16.3. The minimum atomic E-state index is -0.580. The molecular formula is C22H21ClN2O4. The predicted molar refractivity (Wildman–Crippen MR) is 112 cm³/mol. The van der Waals surface area contributed by atoms with Gasteiger partial charge >= 0.3 is 5.97 Å². The zero-order valence-corrected chi connectivity index (χ0v) is 17.0. The van der Waals surface area contributed by atoms with Crippen molar-refractivity contribution in [2.45, 2.75) is 20.3 Å². The molecule has 2 aromatic rings. The Morgan fingerprint density at radius 1 is 1.17 bits per heavy atom. The van der Waals surface area contributed by atoms with Crippen LogP contribution in [0.4, 0.5) is 5.69 Å². The van der Waals surface area contributed by atoms with Crippen LogP contribution in [0.25, 0.3) is 5.70 Å². The van der Waals surface area contributed by atoms with Gasteiger partial charge in [0.05, 0.1) is 17.1 Å². The molecule has 150 valence electrons. The maximum atomic E-state index is 12.4. The van der Waals surface area contributed by atoms with Gasteiger partial charge in [0.2, 0.25) is 0 Å². The number of aryl methyl sites for hydroxylation is 2. The quantitative estimate of drug-likeness (QED) is 0.729. The number of rotatable bonds is 6. The second-order valence-electron chi connectivity index (χ2n) is 6.85. The van der Waals surface area contributed by atoms with Crippen LogP contribution in [0.5, 0.6) is 0 Å². The Kier molecular flexibility index (Phi) is 6.03. The number of fused-ring (bicyclic) bond motifs is 1. The first-order chi connectivity index (χ1) is 13.8. The normalized spacial score (nSPS) is 12.7. The minimum absolute atomic E-state index is 0.0453. The van der Waals surface area contributed by atoms with Crippen LogP contribution in [0, 0.1) is 13.8 Å². The molecule has 1 N–H and O–H groups in total. The van der Waals surface area contributed by atoms with Crippen LogP contribution >= 0.6 is 11.6 Å². The SMILES string of the molecule is C=C1c2ccccc2C(=O)N1CCC(=O)OCC(=O)Nc1c(C)cc(C)cc1Cl. The van der Waals surface area contributed by atoms with Gasteiger partial charge in [-0.2, -0.15) is 0 Å². The lowest BCUT2D eigenvalue weighted by atomic mass is 10.1. The number of hydrogen-bond donors (Lipinski definition) is 1. The molecule has 0 saturated carbocycles. The van der Waals surface area contributed by atoms with Gasteiger partial charge in [0.25, 0.3) is 11.8 Å². The Hall–Kier alpha value is -3.12. The topological polar surface area (TPSA) is 75.7 Å². The van der Waals surface area contributed by atoms with Crippen molar-refractivity contribution in [3.05, 3.63) is 70.3 Å². The van der Waals surface area contributed by atoms with Gasteiger partial charge in [0, 0.05) is 23.4 Å². The number of carbonyl (C=O) groups is 3. The van der Waals surface area contributed by atoms with Gasteiger partial charge in [-0.3, -0.25) is 14.4 Å². The van der Waals surface area contributed by atoms with E-state index in [1.807, 2.05) is 32.0 Å². The molecule has 0 aromatic heterocycles. The van der Waals surface area contributed by atoms with Crippen LogP contribution in [-0.4, -0.2) is 35.8 Å². The molecule has 6 nitrogen and oxygen atoms in total. The summed E-state index contributed by atoms with van der Waals surface area (Å²) in [5.74, 6) is -1.26. The Morgan fingerprint density at radius 3 is 2.52 bits per heavy atom. The number of anilines is 1. The molecule has 1 aliphatic rings. The third-order valence-corrected chi connectivity index (χ3v) is 4.94. The van der Waals surface area contributed by atoms with Crippen molar-refractivity contribution in [2.24, 2.45) is 0 Å². The molecule has 1 aliphatic heterocycles. The first kappa shape index (κ1) is 20.6. The molecule has 2 amide bonds. The maximum absolute atomic E-state index is 12.4. The van der Waals surface area contributed by atoms with Gasteiger partial charge in [0.1, 0.15) is 0 Å². The van der Waals surface area contributed by atoms with E-state index in [2.05, 4.69) is 11.9 Å². The van der Waals surface area contributed by atoms with Crippen molar-refractivity contribution in [3.63, 3.8) is 0 Å².